The molecule has 0 aromatic carbocycles. The zero-order valence-corrected chi connectivity index (χ0v) is 21.6. The fourth-order valence-electron chi connectivity index (χ4n) is 7.97. The van der Waals surface area contributed by atoms with E-state index in [9.17, 15) is 14.4 Å². The number of rotatable bonds is 8. The van der Waals surface area contributed by atoms with Crippen LogP contribution in [0.15, 0.2) is 11.6 Å². The fourth-order valence-corrected chi connectivity index (χ4v) is 7.97. The van der Waals surface area contributed by atoms with Gasteiger partial charge in [0.1, 0.15) is 6.10 Å². The second-order valence-electron chi connectivity index (χ2n) is 11.7. The average molecular weight is 473 g/mol. The summed E-state index contributed by atoms with van der Waals surface area (Å²) >= 11 is 0. The van der Waals surface area contributed by atoms with Crippen molar-refractivity contribution in [3.63, 3.8) is 0 Å². The molecule has 4 aliphatic carbocycles. The van der Waals surface area contributed by atoms with E-state index >= 15 is 0 Å². The molecule has 0 saturated heterocycles. The molecule has 0 radical (unpaired) electrons. The molecule has 0 bridgehead atoms. The van der Waals surface area contributed by atoms with Gasteiger partial charge < -0.3 is 9.47 Å². The minimum absolute atomic E-state index is 0.0198. The normalized spacial score (nSPS) is 37.6. The predicted molar refractivity (Wildman–Crippen MR) is 131 cm³/mol. The summed E-state index contributed by atoms with van der Waals surface area (Å²) in [4.78, 5) is 37.1. The molecule has 0 heterocycles. The van der Waals surface area contributed by atoms with Crippen molar-refractivity contribution in [2.75, 3.05) is 0 Å². The Morgan fingerprint density at radius 2 is 1.91 bits per heavy atom. The molecular formula is C29H44O5. The maximum atomic E-state index is 13.0. The van der Waals surface area contributed by atoms with Gasteiger partial charge in [0.2, 0.25) is 0 Å². The zero-order valence-electron chi connectivity index (χ0n) is 21.6. The van der Waals surface area contributed by atoms with E-state index in [4.69, 9.17) is 9.47 Å². The molecule has 0 N–H and O–H groups in total. The summed E-state index contributed by atoms with van der Waals surface area (Å²) in [5.41, 5.74) is 1.39. The predicted octanol–water partition coefficient (Wildman–Crippen LogP) is 6.19. The standard InChI is InChI=1S/C29H44O5/c1-5-7-8-9-26(31)33-18(3)28(32)34-27-19(6-2)17-25-24-12-10-20-16-21(30)11-13-22(20)23(24)14-15-29(25,27)4/h16,18-19,22-25,27H,5-15,17H2,1-4H3/t18?,19-,22-,23+,24+,25-,27-,29-/m0/s1. The monoisotopic (exact) mass is 472 g/mol. The van der Waals surface area contributed by atoms with E-state index in [1.54, 1.807) is 6.92 Å². The molecule has 8 atom stereocenters. The summed E-state index contributed by atoms with van der Waals surface area (Å²) in [6, 6.07) is 0. The molecule has 0 amide bonds. The molecule has 5 heteroatoms. The Bertz CT molecular complexity index is 815. The van der Waals surface area contributed by atoms with Gasteiger partial charge in [-0.1, -0.05) is 39.2 Å². The zero-order chi connectivity index (χ0) is 24.5. The Morgan fingerprint density at radius 3 is 2.65 bits per heavy atom. The Balaban J connectivity index is 1.43. The minimum Gasteiger partial charge on any atom is -0.459 e. The first kappa shape index (κ1) is 25.4. The van der Waals surface area contributed by atoms with Crippen LogP contribution in [0.3, 0.4) is 0 Å². The maximum Gasteiger partial charge on any atom is 0.347 e. The molecule has 190 valence electrons. The smallest absolute Gasteiger partial charge is 0.347 e. The molecule has 0 aliphatic heterocycles. The van der Waals surface area contributed by atoms with Crippen molar-refractivity contribution >= 4 is 17.7 Å². The third-order valence-electron chi connectivity index (χ3n) is 9.76. The molecule has 0 aromatic heterocycles. The Morgan fingerprint density at radius 1 is 1.12 bits per heavy atom. The van der Waals surface area contributed by atoms with Crippen LogP contribution in [0.1, 0.15) is 105 Å². The van der Waals surface area contributed by atoms with E-state index in [0.717, 1.165) is 64.2 Å². The average Bonchev–Trinajstić information content (AvgIpc) is 3.10. The Hall–Kier alpha value is -1.65. The number of hydrogen-bond donors (Lipinski definition) is 0. The van der Waals surface area contributed by atoms with E-state index in [-0.39, 0.29) is 17.5 Å². The highest BCUT2D eigenvalue weighted by Crippen LogP contribution is 2.64. The number of unbranched alkanes of at least 4 members (excludes halogenated alkanes) is 2. The largest absolute Gasteiger partial charge is 0.459 e. The molecule has 4 rings (SSSR count). The number of ketones is 1. The molecule has 0 spiro atoms. The van der Waals surface area contributed by atoms with Gasteiger partial charge in [0.15, 0.2) is 11.9 Å². The van der Waals surface area contributed by atoms with E-state index in [1.165, 1.54) is 5.57 Å². The topological polar surface area (TPSA) is 69.7 Å². The van der Waals surface area contributed by atoms with E-state index in [2.05, 4.69) is 20.8 Å². The van der Waals surface area contributed by atoms with Crippen LogP contribution < -0.4 is 0 Å². The lowest BCUT2D eigenvalue weighted by molar-refractivity contribution is -0.179. The Labute approximate surface area is 205 Å². The molecular weight excluding hydrogens is 428 g/mol. The van der Waals surface area contributed by atoms with Crippen molar-refractivity contribution in [2.45, 2.75) is 117 Å². The maximum absolute atomic E-state index is 13.0. The van der Waals surface area contributed by atoms with Gasteiger partial charge >= 0.3 is 11.9 Å². The lowest BCUT2D eigenvalue weighted by Crippen LogP contribution is -2.49. The van der Waals surface area contributed by atoms with Crippen molar-refractivity contribution in [3.05, 3.63) is 11.6 Å². The van der Waals surface area contributed by atoms with Crippen LogP contribution in [0.5, 0.6) is 0 Å². The van der Waals surface area contributed by atoms with Gasteiger partial charge in [0, 0.05) is 18.3 Å². The molecule has 4 aliphatic rings. The fraction of sp³-hybridized carbons (Fsp3) is 0.828. The Kier molecular flexibility index (Phi) is 7.89. The summed E-state index contributed by atoms with van der Waals surface area (Å²) < 4.78 is 11.6. The second-order valence-corrected chi connectivity index (χ2v) is 11.7. The number of carbonyl (C=O) groups is 3. The SMILES string of the molecule is CCCCCC(=O)OC(C)C(=O)O[C@H]1[C@@H](CC)C[C@H]2[C@@H]3CCC4=CC(=O)CC[C@@H]4[C@H]3CC[C@@]21C. The first-order valence-electron chi connectivity index (χ1n) is 13.9. The molecule has 0 aromatic rings. The second kappa shape index (κ2) is 10.5. The molecule has 3 saturated carbocycles. The number of ether oxygens (including phenoxy) is 2. The highest BCUT2D eigenvalue weighted by molar-refractivity contribution is 5.91. The number of carbonyl (C=O) groups excluding carboxylic acids is 3. The number of allylic oxidation sites excluding steroid dienone is 1. The first-order valence-corrected chi connectivity index (χ1v) is 13.9. The third-order valence-corrected chi connectivity index (χ3v) is 9.76. The van der Waals surface area contributed by atoms with E-state index < -0.39 is 12.1 Å². The lowest BCUT2D eigenvalue weighted by atomic mass is 9.52. The van der Waals surface area contributed by atoms with Crippen LogP contribution in [-0.4, -0.2) is 29.9 Å². The molecule has 5 nitrogen and oxygen atoms in total. The van der Waals surface area contributed by atoms with Gasteiger partial charge in [-0.3, -0.25) is 9.59 Å². The van der Waals surface area contributed by atoms with Gasteiger partial charge in [0.25, 0.3) is 0 Å². The highest BCUT2D eigenvalue weighted by atomic mass is 16.6. The van der Waals surface area contributed by atoms with Gasteiger partial charge in [-0.2, -0.15) is 0 Å². The summed E-state index contributed by atoms with van der Waals surface area (Å²) in [5.74, 6) is 2.42. The quantitative estimate of drug-likeness (QED) is 0.311. The van der Waals surface area contributed by atoms with Gasteiger partial charge in [-0.15, -0.1) is 0 Å². The van der Waals surface area contributed by atoms with Gasteiger partial charge in [-0.05, 0) is 94.0 Å². The van der Waals surface area contributed by atoms with Crippen molar-refractivity contribution in [3.8, 4) is 0 Å². The van der Waals surface area contributed by atoms with Crippen LogP contribution in [0.4, 0.5) is 0 Å². The highest BCUT2D eigenvalue weighted by Gasteiger charge is 2.60. The van der Waals surface area contributed by atoms with Crippen LogP contribution in [0.2, 0.25) is 0 Å². The van der Waals surface area contributed by atoms with Crippen molar-refractivity contribution in [1.29, 1.82) is 0 Å². The lowest BCUT2D eigenvalue weighted by Gasteiger charge is -2.53. The number of esters is 2. The number of hydrogen-bond acceptors (Lipinski definition) is 5. The number of fused-ring (bicyclic) bond motifs is 5. The first-order chi connectivity index (χ1) is 16.3. The van der Waals surface area contributed by atoms with Gasteiger partial charge in [0.05, 0.1) is 0 Å². The summed E-state index contributed by atoms with van der Waals surface area (Å²) in [6.07, 6.45) is 12.4. The summed E-state index contributed by atoms with van der Waals surface area (Å²) in [5, 5.41) is 0. The van der Waals surface area contributed by atoms with Crippen LogP contribution in [0, 0.1) is 35.0 Å². The molecule has 3 fully saturated rings. The van der Waals surface area contributed by atoms with Crippen molar-refractivity contribution in [1.82, 2.24) is 0 Å². The summed E-state index contributed by atoms with van der Waals surface area (Å²) in [7, 11) is 0. The van der Waals surface area contributed by atoms with E-state index in [1.807, 2.05) is 6.08 Å². The van der Waals surface area contributed by atoms with Crippen LogP contribution in [-0.2, 0) is 23.9 Å². The van der Waals surface area contributed by atoms with E-state index in [0.29, 0.717) is 48.2 Å². The molecule has 34 heavy (non-hydrogen) atoms. The van der Waals surface area contributed by atoms with Crippen LogP contribution in [0.25, 0.3) is 0 Å². The van der Waals surface area contributed by atoms with Crippen LogP contribution >= 0.6 is 0 Å². The third kappa shape index (κ3) is 4.86. The van der Waals surface area contributed by atoms with Crippen molar-refractivity contribution in [2.24, 2.45) is 35.0 Å². The minimum atomic E-state index is -0.854. The van der Waals surface area contributed by atoms with Crippen molar-refractivity contribution < 1.29 is 23.9 Å². The summed E-state index contributed by atoms with van der Waals surface area (Å²) in [6.45, 7) is 8.29. The molecule has 1 unspecified atom stereocenters. The van der Waals surface area contributed by atoms with Gasteiger partial charge in [-0.25, -0.2) is 4.79 Å².